The lowest BCUT2D eigenvalue weighted by molar-refractivity contribution is -0.137. The second-order valence-corrected chi connectivity index (χ2v) is 1.95. The monoisotopic (exact) mass is 193 g/mol. The minimum absolute atomic E-state index is 0.602. The molecule has 1 aromatic rings. The lowest BCUT2D eigenvalue weighted by Gasteiger charge is -2.03. The molecule has 3 nitrogen and oxygen atoms in total. The third kappa shape index (κ3) is 4.78. The van der Waals surface area contributed by atoms with Crippen LogP contribution in [0.15, 0.2) is 35.7 Å². The smallest absolute Gasteiger partial charge is 0.379 e. The molecule has 0 unspecified atom stereocenters. The molecule has 1 rings (SSSR count). The quantitative estimate of drug-likeness (QED) is 0.508. The maximum Gasteiger partial charge on any atom is 0.416 e. The van der Waals surface area contributed by atoms with Gasteiger partial charge in [-0.2, -0.15) is 13.2 Å². The zero-order valence-corrected chi connectivity index (χ0v) is 6.32. The molecule has 0 aliphatic rings. The predicted octanol–water partition coefficient (Wildman–Crippen LogP) is 2.85. The standard InChI is InChI=1S/C7H5F3.HNO2/c8-7(9,10)6-4-2-1-3-5-6;2-1-3/h1-5H;(H,2,3). The van der Waals surface area contributed by atoms with Crippen molar-refractivity contribution in [3.05, 3.63) is 40.8 Å². The van der Waals surface area contributed by atoms with E-state index in [1.807, 2.05) is 0 Å². The number of rotatable bonds is 0. The van der Waals surface area contributed by atoms with Gasteiger partial charge in [0.05, 0.1) is 5.56 Å². The van der Waals surface area contributed by atoms with E-state index in [9.17, 15) is 13.2 Å². The molecule has 1 N–H and O–H groups in total. The van der Waals surface area contributed by atoms with E-state index >= 15 is 0 Å². The minimum Gasteiger partial charge on any atom is -0.379 e. The topological polar surface area (TPSA) is 49.7 Å². The molecule has 0 aliphatic carbocycles. The molecule has 0 atom stereocenters. The zero-order valence-electron chi connectivity index (χ0n) is 6.32. The van der Waals surface area contributed by atoms with Gasteiger partial charge in [-0.3, -0.25) is 0 Å². The number of nitrogens with zero attached hydrogens (tertiary/aromatic N) is 1. The van der Waals surface area contributed by atoms with Gasteiger partial charge in [0, 0.05) is 0 Å². The zero-order chi connectivity index (χ0) is 10.3. The van der Waals surface area contributed by atoms with Crippen molar-refractivity contribution < 1.29 is 18.4 Å². The lowest BCUT2D eigenvalue weighted by Crippen LogP contribution is -2.03. The molecule has 0 fully saturated rings. The summed E-state index contributed by atoms with van der Waals surface area (Å²) in [4.78, 5) is 8.11. The van der Waals surface area contributed by atoms with Crippen LogP contribution in [0.4, 0.5) is 13.2 Å². The highest BCUT2D eigenvalue weighted by atomic mass is 19.4. The van der Waals surface area contributed by atoms with E-state index in [0.29, 0.717) is 0 Å². The lowest BCUT2D eigenvalue weighted by atomic mass is 10.2. The van der Waals surface area contributed by atoms with Gasteiger partial charge in [0.1, 0.15) is 0 Å². The molecule has 0 aromatic heterocycles. The van der Waals surface area contributed by atoms with Crippen LogP contribution in [-0.4, -0.2) is 5.21 Å². The average Bonchev–Trinajstić information content (AvgIpc) is 2.06. The first kappa shape index (κ1) is 11.4. The molecular weight excluding hydrogens is 187 g/mol. The number of benzene rings is 1. The third-order valence-corrected chi connectivity index (χ3v) is 1.10. The van der Waals surface area contributed by atoms with Crippen LogP contribution in [0.5, 0.6) is 0 Å². The Hall–Kier alpha value is -1.59. The van der Waals surface area contributed by atoms with Gasteiger partial charge < -0.3 is 5.21 Å². The first-order valence-electron chi connectivity index (χ1n) is 3.11. The number of hydrogen-bond acceptors (Lipinski definition) is 2. The highest BCUT2D eigenvalue weighted by Gasteiger charge is 2.29. The van der Waals surface area contributed by atoms with Crippen molar-refractivity contribution >= 4 is 0 Å². The van der Waals surface area contributed by atoms with E-state index in [1.54, 1.807) is 6.07 Å². The van der Waals surface area contributed by atoms with Crippen LogP contribution < -0.4 is 0 Å². The van der Waals surface area contributed by atoms with Gasteiger partial charge in [-0.15, -0.1) is 4.91 Å². The van der Waals surface area contributed by atoms with Crippen LogP contribution in [0.2, 0.25) is 0 Å². The van der Waals surface area contributed by atoms with Crippen LogP contribution in [0, 0.1) is 4.91 Å². The van der Waals surface area contributed by atoms with E-state index < -0.39 is 11.7 Å². The maximum absolute atomic E-state index is 11.8. The van der Waals surface area contributed by atoms with Gasteiger partial charge in [-0.05, 0) is 0 Å². The van der Waals surface area contributed by atoms with Gasteiger partial charge in [-0.25, -0.2) is 0 Å². The third-order valence-electron chi connectivity index (χ3n) is 1.10. The second kappa shape index (κ2) is 5.13. The molecule has 6 heteroatoms. The van der Waals surface area contributed by atoms with Crippen LogP contribution in [0.1, 0.15) is 5.56 Å². The van der Waals surface area contributed by atoms with Crippen molar-refractivity contribution in [1.29, 1.82) is 0 Å². The fourth-order valence-electron chi connectivity index (χ4n) is 0.627. The van der Waals surface area contributed by atoms with Crippen LogP contribution in [-0.2, 0) is 6.18 Å². The fourth-order valence-corrected chi connectivity index (χ4v) is 0.627. The van der Waals surface area contributed by atoms with Gasteiger partial charge in [0.2, 0.25) is 0 Å². The first-order valence-corrected chi connectivity index (χ1v) is 3.11. The molecule has 72 valence electrons. The number of hydrogen-bond donors (Lipinski definition) is 1. The highest BCUT2D eigenvalue weighted by Crippen LogP contribution is 2.28. The summed E-state index contributed by atoms with van der Waals surface area (Å²) < 4.78 is 35.4. The Bertz CT molecular complexity index is 248. The Morgan fingerprint density at radius 3 is 1.77 bits per heavy atom. The van der Waals surface area contributed by atoms with Crippen molar-refractivity contribution in [1.82, 2.24) is 0 Å². The summed E-state index contributed by atoms with van der Waals surface area (Å²) in [5.41, 5.74) is -0.602. The highest BCUT2D eigenvalue weighted by molar-refractivity contribution is 5.17. The molecule has 0 heterocycles. The molecule has 0 saturated carbocycles. The molecule has 1 aromatic carbocycles. The molecule has 0 bridgehead atoms. The SMILES string of the molecule is FC(F)(F)c1ccccc1.O=NO. The predicted molar refractivity (Wildman–Crippen MR) is 39.0 cm³/mol. The second-order valence-electron chi connectivity index (χ2n) is 1.95. The minimum atomic E-state index is -4.21. The summed E-state index contributed by atoms with van der Waals surface area (Å²) in [5, 5.41) is 7.89. The normalized spacial score (nSPS) is 9.77. The van der Waals surface area contributed by atoms with Crippen LogP contribution in [0.3, 0.4) is 0 Å². The molecular formula is C7H6F3NO2. The Morgan fingerprint density at radius 2 is 1.54 bits per heavy atom. The summed E-state index contributed by atoms with van der Waals surface area (Å²) in [5.74, 6) is 0. The molecule has 0 saturated heterocycles. The van der Waals surface area contributed by atoms with Crippen molar-refractivity contribution in [2.45, 2.75) is 6.18 Å². The molecule has 0 radical (unpaired) electrons. The first-order chi connectivity index (χ1) is 6.02. The summed E-state index contributed by atoms with van der Waals surface area (Å²) in [6.07, 6.45) is -4.21. The molecule has 13 heavy (non-hydrogen) atoms. The van der Waals surface area contributed by atoms with Crippen molar-refractivity contribution in [2.75, 3.05) is 0 Å². The Morgan fingerprint density at radius 1 is 1.15 bits per heavy atom. The summed E-state index contributed by atoms with van der Waals surface area (Å²) in [6, 6.07) is 6.36. The van der Waals surface area contributed by atoms with E-state index in [1.165, 1.54) is 17.5 Å². The largest absolute Gasteiger partial charge is 0.416 e. The van der Waals surface area contributed by atoms with Crippen molar-refractivity contribution in [3.8, 4) is 0 Å². The maximum atomic E-state index is 11.8. The van der Waals surface area contributed by atoms with Gasteiger partial charge in [0.15, 0.2) is 5.34 Å². The van der Waals surface area contributed by atoms with Crippen LogP contribution >= 0.6 is 0 Å². The van der Waals surface area contributed by atoms with Crippen molar-refractivity contribution in [2.24, 2.45) is 5.34 Å². The molecule has 0 spiro atoms. The average molecular weight is 193 g/mol. The number of halogens is 3. The number of alkyl halides is 3. The summed E-state index contributed by atoms with van der Waals surface area (Å²) in [7, 11) is 0. The van der Waals surface area contributed by atoms with Gasteiger partial charge >= 0.3 is 6.18 Å². The summed E-state index contributed by atoms with van der Waals surface area (Å²) >= 11 is 0. The van der Waals surface area contributed by atoms with Crippen LogP contribution in [0.25, 0.3) is 0 Å². The Balaban J connectivity index is 0.000000424. The van der Waals surface area contributed by atoms with Gasteiger partial charge in [-0.1, -0.05) is 30.3 Å². The van der Waals surface area contributed by atoms with E-state index in [4.69, 9.17) is 10.1 Å². The van der Waals surface area contributed by atoms with E-state index in [2.05, 4.69) is 0 Å². The Labute approximate surface area is 71.7 Å². The van der Waals surface area contributed by atoms with E-state index in [-0.39, 0.29) is 0 Å². The van der Waals surface area contributed by atoms with E-state index in [0.717, 1.165) is 12.1 Å². The Kier molecular flexibility index (Phi) is 4.50. The summed E-state index contributed by atoms with van der Waals surface area (Å²) in [6.45, 7) is 0. The van der Waals surface area contributed by atoms with Crippen molar-refractivity contribution in [3.63, 3.8) is 0 Å². The fraction of sp³-hybridized carbons (Fsp3) is 0.143. The molecule has 0 aliphatic heterocycles. The molecule has 0 amide bonds. The van der Waals surface area contributed by atoms with Gasteiger partial charge in [0.25, 0.3) is 0 Å².